The summed E-state index contributed by atoms with van der Waals surface area (Å²) in [4.78, 5) is 26.6. The van der Waals surface area contributed by atoms with Gasteiger partial charge in [0.15, 0.2) is 5.82 Å². The SMILES string of the molecule is CC(C)N(Cc1nc(C2CC2)n[nH]1)Cc1nc2ccccc2c(=O)[nH]1. The van der Waals surface area contributed by atoms with E-state index in [9.17, 15) is 4.79 Å². The van der Waals surface area contributed by atoms with E-state index in [1.807, 2.05) is 18.2 Å². The van der Waals surface area contributed by atoms with Gasteiger partial charge in [-0.2, -0.15) is 5.10 Å². The van der Waals surface area contributed by atoms with E-state index in [0.29, 0.717) is 30.2 Å². The average Bonchev–Trinajstić information content (AvgIpc) is 3.34. The molecule has 2 N–H and O–H groups in total. The maximum atomic E-state index is 12.3. The Labute approximate surface area is 145 Å². The summed E-state index contributed by atoms with van der Waals surface area (Å²) in [7, 11) is 0. The van der Waals surface area contributed by atoms with E-state index in [4.69, 9.17) is 0 Å². The van der Waals surface area contributed by atoms with E-state index in [1.165, 1.54) is 12.8 Å². The molecule has 3 aromatic rings. The van der Waals surface area contributed by atoms with Crippen LogP contribution in [0.4, 0.5) is 0 Å². The lowest BCUT2D eigenvalue weighted by molar-refractivity contribution is 0.193. The molecule has 0 amide bonds. The summed E-state index contributed by atoms with van der Waals surface area (Å²) in [5, 5.41) is 7.98. The number of nitrogens with zero attached hydrogens (tertiary/aromatic N) is 4. The van der Waals surface area contributed by atoms with Crippen LogP contribution in [-0.2, 0) is 13.1 Å². The monoisotopic (exact) mass is 338 g/mol. The number of nitrogens with one attached hydrogen (secondary N) is 2. The van der Waals surface area contributed by atoms with Gasteiger partial charge in [-0.25, -0.2) is 9.97 Å². The topological polar surface area (TPSA) is 90.6 Å². The van der Waals surface area contributed by atoms with Crippen molar-refractivity contribution in [2.45, 2.75) is 51.7 Å². The number of rotatable bonds is 6. The minimum absolute atomic E-state index is 0.0972. The zero-order valence-corrected chi connectivity index (χ0v) is 14.5. The largest absolute Gasteiger partial charge is 0.309 e. The Bertz CT molecular complexity index is 940. The van der Waals surface area contributed by atoms with Crippen molar-refractivity contribution in [1.82, 2.24) is 30.0 Å². The first kappa shape index (κ1) is 16.0. The second kappa shape index (κ2) is 6.40. The van der Waals surface area contributed by atoms with Gasteiger partial charge in [0.05, 0.1) is 24.0 Å². The van der Waals surface area contributed by atoms with E-state index in [-0.39, 0.29) is 11.6 Å². The third kappa shape index (κ3) is 3.46. The number of para-hydroxylation sites is 1. The molecule has 1 aromatic carbocycles. The van der Waals surface area contributed by atoms with Crippen molar-refractivity contribution in [3.05, 3.63) is 52.1 Å². The molecule has 1 fully saturated rings. The molecule has 1 aliphatic rings. The lowest BCUT2D eigenvalue weighted by Gasteiger charge is -2.24. The van der Waals surface area contributed by atoms with E-state index < -0.39 is 0 Å². The summed E-state index contributed by atoms with van der Waals surface area (Å²) < 4.78 is 0. The summed E-state index contributed by atoms with van der Waals surface area (Å²) in [6.45, 7) is 5.44. The standard InChI is InChI=1S/C18H22N6O/c1-11(2)24(10-16-20-17(23-22-16)12-7-8-12)9-15-19-14-6-4-3-5-13(14)18(25)21-15/h3-6,11-12H,7-10H2,1-2H3,(H,19,21,25)(H,20,22,23). The van der Waals surface area contributed by atoms with Crippen molar-refractivity contribution in [2.75, 3.05) is 0 Å². The highest BCUT2D eigenvalue weighted by Gasteiger charge is 2.28. The van der Waals surface area contributed by atoms with Gasteiger partial charge in [0.2, 0.25) is 0 Å². The Morgan fingerprint density at radius 2 is 1.92 bits per heavy atom. The molecule has 0 spiro atoms. The Kier molecular flexibility index (Phi) is 4.09. The molecule has 2 aromatic heterocycles. The van der Waals surface area contributed by atoms with E-state index >= 15 is 0 Å². The van der Waals surface area contributed by atoms with Gasteiger partial charge in [-0.05, 0) is 38.8 Å². The highest BCUT2D eigenvalue weighted by atomic mass is 16.1. The smallest absolute Gasteiger partial charge is 0.258 e. The first-order valence-corrected chi connectivity index (χ1v) is 8.73. The van der Waals surface area contributed by atoms with Gasteiger partial charge in [-0.15, -0.1) is 0 Å². The maximum absolute atomic E-state index is 12.3. The van der Waals surface area contributed by atoms with E-state index in [2.05, 4.69) is 43.9 Å². The fraction of sp³-hybridized carbons (Fsp3) is 0.444. The Morgan fingerprint density at radius 1 is 1.16 bits per heavy atom. The van der Waals surface area contributed by atoms with Gasteiger partial charge < -0.3 is 4.98 Å². The van der Waals surface area contributed by atoms with Gasteiger partial charge in [0.1, 0.15) is 11.6 Å². The van der Waals surface area contributed by atoms with Crippen molar-refractivity contribution in [3.63, 3.8) is 0 Å². The molecule has 0 saturated heterocycles. The molecule has 0 bridgehead atoms. The first-order valence-electron chi connectivity index (χ1n) is 8.73. The summed E-state index contributed by atoms with van der Waals surface area (Å²) in [6.07, 6.45) is 2.38. The third-order valence-corrected chi connectivity index (χ3v) is 4.59. The van der Waals surface area contributed by atoms with Crippen molar-refractivity contribution in [3.8, 4) is 0 Å². The maximum Gasteiger partial charge on any atom is 0.258 e. The van der Waals surface area contributed by atoms with Gasteiger partial charge >= 0.3 is 0 Å². The fourth-order valence-electron chi connectivity index (χ4n) is 2.92. The molecule has 0 radical (unpaired) electrons. The van der Waals surface area contributed by atoms with Crippen LogP contribution in [0.25, 0.3) is 10.9 Å². The Morgan fingerprint density at radius 3 is 2.68 bits per heavy atom. The highest BCUT2D eigenvalue weighted by molar-refractivity contribution is 5.77. The van der Waals surface area contributed by atoms with Crippen molar-refractivity contribution >= 4 is 10.9 Å². The van der Waals surface area contributed by atoms with Crippen LogP contribution in [0.2, 0.25) is 0 Å². The molecule has 7 heteroatoms. The molecule has 25 heavy (non-hydrogen) atoms. The van der Waals surface area contributed by atoms with Crippen LogP contribution in [-0.4, -0.2) is 36.1 Å². The number of aromatic nitrogens is 5. The Hall–Kier alpha value is -2.54. The third-order valence-electron chi connectivity index (χ3n) is 4.59. The second-order valence-electron chi connectivity index (χ2n) is 6.94. The molecule has 1 saturated carbocycles. The minimum atomic E-state index is -0.0972. The quantitative estimate of drug-likeness (QED) is 0.720. The molecule has 0 unspecified atom stereocenters. The number of benzene rings is 1. The van der Waals surface area contributed by atoms with Crippen molar-refractivity contribution in [2.24, 2.45) is 0 Å². The van der Waals surface area contributed by atoms with Crippen LogP contribution in [0.1, 0.15) is 50.1 Å². The van der Waals surface area contributed by atoms with E-state index in [1.54, 1.807) is 6.07 Å². The second-order valence-corrected chi connectivity index (χ2v) is 6.94. The van der Waals surface area contributed by atoms with Gasteiger partial charge in [-0.1, -0.05) is 12.1 Å². The van der Waals surface area contributed by atoms with Gasteiger partial charge in [-0.3, -0.25) is 14.8 Å². The lowest BCUT2D eigenvalue weighted by Crippen LogP contribution is -2.32. The fourth-order valence-corrected chi connectivity index (χ4v) is 2.92. The van der Waals surface area contributed by atoms with Crippen LogP contribution in [0.15, 0.2) is 29.1 Å². The molecule has 2 heterocycles. The number of hydrogen-bond donors (Lipinski definition) is 2. The summed E-state index contributed by atoms with van der Waals surface area (Å²) in [5.41, 5.74) is 0.626. The van der Waals surface area contributed by atoms with Gasteiger partial charge in [0, 0.05) is 12.0 Å². The number of hydrogen-bond acceptors (Lipinski definition) is 5. The summed E-state index contributed by atoms with van der Waals surface area (Å²) in [5.74, 6) is 2.99. The van der Waals surface area contributed by atoms with E-state index in [0.717, 1.165) is 17.2 Å². The summed E-state index contributed by atoms with van der Waals surface area (Å²) in [6, 6.07) is 7.68. The molecule has 1 aliphatic carbocycles. The first-order chi connectivity index (χ1) is 12.1. The minimum Gasteiger partial charge on any atom is -0.309 e. The van der Waals surface area contributed by atoms with Crippen LogP contribution in [0.3, 0.4) is 0 Å². The predicted octanol–water partition coefficient (Wildman–Crippen LogP) is 2.33. The van der Waals surface area contributed by atoms with Crippen LogP contribution in [0.5, 0.6) is 0 Å². The van der Waals surface area contributed by atoms with Crippen LogP contribution in [0, 0.1) is 0 Å². The highest BCUT2D eigenvalue weighted by Crippen LogP contribution is 2.37. The van der Waals surface area contributed by atoms with Crippen molar-refractivity contribution in [1.29, 1.82) is 0 Å². The molecule has 0 aliphatic heterocycles. The van der Waals surface area contributed by atoms with Crippen LogP contribution < -0.4 is 5.56 Å². The molecule has 0 atom stereocenters. The van der Waals surface area contributed by atoms with Crippen molar-refractivity contribution < 1.29 is 0 Å². The average molecular weight is 338 g/mol. The molecule has 130 valence electrons. The molecular weight excluding hydrogens is 316 g/mol. The number of aromatic amines is 2. The number of fused-ring (bicyclic) bond motifs is 1. The zero-order valence-electron chi connectivity index (χ0n) is 14.5. The van der Waals surface area contributed by atoms with Crippen LogP contribution >= 0.6 is 0 Å². The number of H-pyrrole nitrogens is 2. The van der Waals surface area contributed by atoms with Gasteiger partial charge in [0.25, 0.3) is 5.56 Å². The Balaban J connectivity index is 1.55. The predicted molar refractivity (Wildman–Crippen MR) is 95.1 cm³/mol. The molecule has 7 nitrogen and oxygen atoms in total. The molecule has 4 rings (SSSR count). The normalized spacial score (nSPS) is 14.7. The molecular formula is C18H22N6O. The summed E-state index contributed by atoms with van der Waals surface area (Å²) >= 11 is 0. The zero-order chi connectivity index (χ0) is 17.4. The lowest BCUT2D eigenvalue weighted by atomic mass is 10.2.